The first-order valence-electron chi connectivity index (χ1n) is 9.91. The molecule has 8 nitrogen and oxygen atoms in total. The number of nitrogens with zero attached hydrogens (tertiary/aromatic N) is 5. The van der Waals surface area contributed by atoms with Crippen molar-refractivity contribution in [3.8, 4) is 17.1 Å². The van der Waals surface area contributed by atoms with Crippen LogP contribution in [-0.4, -0.2) is 42.7 Å². The lowest BCUT2D eigenvalue weighted by molar-refractivity contribution is -0.118. The van der Waals surface area contributed by atoms with Crippen LogP contribution in [0.1, 0.15) is 11.1 Å². The van der Waals surface area contributed by atoms with Crippen molar-refractivity contribution in [1.29, 1.82) is 0 Å². The quantitative estimate of drug-likeness (QED) is 0.205. The molecule has 0 atom stereocenters. The number of pyridine rings is 1. The van der Waals surface area contributed by atoms with E-state index in [-0.39, 0.29) is 17.4 Å². The van der Waals surface area contributed by atoms with Crippen LogP contribution in [0.3, 0.4) is 0 Å². The number of carbonyl (C=O) groups is 1. The standard InChI is InChI=1S/C23H19BrN6O2S/c24-19-6-7-20(31)18(12-19)13-26-27-21(32)15-33-23-29-28-22(17-8-10-25-11-9-17)30(23)14-16-4-2-1-3-5-16/h1-13,31H,14-15H2,(H,27,32)/b26-13-. The van der Waals surface area contributed by atoms with Crippen molar-refractivity contribution in [2.75, 3.05) is 5.75 Å². The molecule has 0 saturated heterocycles. The van der Waals surface area contributed by atoms with E-state index >= 15 is 0 Å². The number of benzene rings is 2. The number of halogens is 1. The molecule has 0 aliphatic rings. The molecule has 0 aliphatic carbocycles. The monoisotopic (exact) mass is 522 g/mol. The Labute approximate surface area is 202 Å². The highest BCUT2D eigenvalue weighted by Crippen LogP contribution is 2.25. The molecule has 2 aromatic heterocycles. The lowest BCUT2D eigenvalue weighted by Gasteiger charge is -2.10. The van der Waals surface area contributed by atoms with Gasteiger partial charge in [-0.1, -0.05) is 58.0 Å². The van der Waals surface area contributed by atoms with Crippen molar-refractivity contribution in [3.63, 3.8) is 0 Å². The third-order valence-electron chi connectivity index (χ3n) is 4.55. The summed E-state index contributed by atoms with van der Waals surface area (Å²) < 4.78 is 2.78. The number of hydrazone groups is 1. The summed E-state index contributed by atoms with van der Waals surface area (Å²) in [6.07, 6.45) is 4.80. The van der Waals surface area contributed by atoms with E-state index in [1.54, 1.807) is 30.6 Å². The summed E-state index contributed by atoms with van der Waals surface area (Å²) in [6, 6.07) is 18.7. The molecule has 2 N–H and O–H groups in total. The van der Waals surface area contributed by atoms with Crippen LogP contribution in [-0.2, 0) is 11.3 Å². The highest BCUT2D eigenvalue weighted by Gasteiger charge is 2.16. The lowest BCUT2D eigenvalue weighted by Crippen LogP contribution is -2.20. The van der Waals surface area contributed by atoms with Gasteiger partial charge in [-0.2, -0.15) is 5.10 Å². The Morgan fingerprint density at radius 1 is 1.12 bits per heavy atom. The van der Waals surface area contributed by atoms with Crippen molar-refractivity contribution >= 4 is 39.8 Å². The second-order valence-corrected chi connectivity index (χ2v) is 8.76. The Kier molecular flexibility index (Phi) is 7.48. The smallest absolute Gasteiger partial charge is 0.250 e. The predicted molar refractivity (Wildman–Crippen MR) is 131 cm³/mol. The first-order valence-corrected chi connectivity index (χ1v) is 11.7. The summed E-state index contributed by atoms with van der Waals surface area (Å²) in [5.41, 5.74) is 4.95. The fraction of sp³-hybridized carbons (Fsp3) is 0.0870. The molecule has 0 unspecified atom stereocenters. The first-order chi connectivity index (χ1) is 16.1. The molecule has 1 amide bonds. The summed E-state index contributed by atoms with van der Waals surface area (Å²) >= 11 is 4.61. The second-order valence-electron chi connectivity index (χ2n) is 6.90. The molecule has 33 heavy (non-hydrogen) atoms. The molecule has 4 rings (SSSR count). The minimum Gasteiger partial charge on any atom is -0.507 e. The van der Waals surface area contributed by atoms with Gasteiger partial charge in [0.05, 0.1) is 18.5 Å². The van der Waals surface area contributed by atoms with Crippen molar-refractivity contribution in [2.45, 2.75) is 11.7 Å². The fourth-order valence-electron chi connectivity index (χ4n) is 2.98. The van der Waals surface area contributed by atoms with E-state index in [0.717, 1.165) is 15.6 Å². The fourth-order valence-corrected chi connectivity index (χ4v) is 4.09. The van der Waals surface area contributed by atoms with Crippen LogP contribution < -0.4 is 5.43 Å². The minimum absolute atomic E-state index is 0.0724. The van der Waals surface area contributed by atoms with E-state index in [2.05, 4.69) is 41.6 Å². The average molecular weight is 523 g/mol. The van der Waals surface area contributed by atoms with Crippen LogP contribution in [0.4, 0.5) is 0 Å². The summed E-state index contributed by atoms with van der Waals surface area (Å²) in [5, 5.41) is 23.1. The van der Waals surface area contributed by atoms with Gasteiger partial charge in [0.2, 0.25) is 0 Å². The Balaban J connectivity index is 1.46. The zero-order valence-corrected chi connectivity index (χ0v) is 19.7. The van der Waals surface area contributed by atoms with Gasteiger partial charge in [0.25, 0.3) is 5.91 Å². The number of hydrogen-bond acceptors (Lipinski definition) is 7. The van der Waals surface area contributed by atoms with E-state index < -0.39 is 0 Å². The molecular weight excluding hydrogens is 504 g/mol. The maximum atomic E-state index is 12.3. The highest BCUT2D eigenvalue weighted by atomic mass is 79.9. The first kappa shape index (κ1) is 22.7. The van der Waals surface area contributed by atoms with E-state index in [9.17, 15) is 9.90 Å². The van der Waals surface area contributed by atoms with Gasteiger partial charge in [-0.15, -0.1) is 10.2 Å². The molecule has 0 fully saturated rings. The van der Waals surface area contributed by atoms with Crippen LogP contribution in [0.15, 0.2) is 87.8 Å². The number of thioether (sulfide) groups is 1. The third kappa shape index (κ3) is 6.05. The van der Waals surface area contributed by atoms with E-state index in [1.807, 2.05) is 47.0 Å². The molecule has 2 aromatic carbocycles. The molecule has 0 aliphatic heterocycles. The van der Waals surface area contributed by atoms with Gasteiger partial charge in [0.15, 0.2) is 11.0 Å². The number of carbonyl (C=O) groups excluding carboxylic acids is 1. The van der Waals surface area contributed by atoms with Gasteiger partial charge >= 0.3 is 0 Å². The Hall–Kier alpha value is -3.50. The number of hydrogen-bond donors (Lipinski definition) is 2. The van der Waals surface area contributed by atoms with E-state index in [0.29, 0.717) is 23.1 Å². The van der Waals surface area contributed by atoms with Crippen LogP contribution >= 0.6 is 27.7 Å². The molecule has 0 bridgehead atoms. The van der Waals surface area contributed by atoms with Gasteiger partial charge in [0, 0.05) is 28.0 Å². The number of aromatic nitrogens is 4. The maximum absolute atomic E-state index is 12.3. The van der Waals surface area contributed by atoms with Gasteiger partial charge in [-0.3, -0.25) is 14.3 Å². The normalized spacial score (nSPS) is 11.1. The molecular formula is C23H19BrN6O2S. The van der Waals surface area contributed by atoms with Crippen molar-refractivity contribution < 1.29 is 9.90 Å². The van der Waals surface area contributed by atoms with Crippen LogP contribution in [0.5, 0.6) is 5.75 Å². The van der Waals surface area contributed by atoms with Crippen molar-refractivity contribution in [2.24, 2.45) is 5.10 Å². The number of aromatic hydroxyl groups is 1. The van der Waals surface area contributed by atoms with E-state index in [4.69, 9.17) is 0 Å². The zero-order valence-electron chi connectivity index (χ0n) is 17.3. The molecule has 0 saturated carbocycles. The summed E-state index contributed by atoms with van der Waals surface area (Å²) in [6.45, 7) is 0.565. The number of phenolic OH excluding ortho intramolecular Hbond substituents is 1. The minimum atomic E-state index is -0.301. The molecule has 4 aromatic rings. The van der Waals surface area contributed by atoms with Crippen LogP contribution in [0, 0.1) is 0 Å². The average Bonchev–Trinajstić information content (AvgIpc) is 3.23. The molecule has 166 valence electrons. The van der Waals surface area contributed by atoms with Gasteiger partial charge in [-0.25, -0.2) is 5.43 Å². The van der Waals surface area contributed by atoms with Gasteiger partial charge in [0.1, 0.15) is 5.75 Å². The third-order valence-corrected chi connectivity index (χ3v) is 6.01. The van der Waals surface area contributed by atoms with Gasteiger partial charge < -0.3 is 5.11 Å². The predicted octanol–water partition coefficient (Wildman–Crippen LogP) is 4.10. The number of rotatable bonds is 8. The Morgan fingerprint density at radius 2 is 1.91 bits per heavy atom. The maximum Gasteiger partial charge on any atom is 0.250 e. The zero-order chi connectivity index (χ0) is 23.0. The number of phenols is 1. The second kappa shape index (κ2) is 10.9. The lowest BCUT2D eigenvalue weighted by atomic mass is 10.2. The molecule has 0 radical (unpaired) electrons. The summed E-state index contributed by atoms with van der Waals surface area (Å²) in [5.74, 6) is 0.575. The molecule has 0 spiro atoms. The highest BCUT2D eigenvalue weighted by molar-refractivity contribution is 9.10. The molecule has 2 heterocycles. The number of amides is 1. The largest absolute Gasteiger partial charge is 0.507 e. The van der Waals surface area contributed by atoms with Gasteiger partial charge in [-0.05, 0) is 35.9 Å². The summed E-state index contributed by atoms with van der Waals surface area (Å²) in [4.78, 5) is 16.4. The van der Waals surface area contributed by atoms with Crippen molar-refractivity contribution in [3.05, 3.63) is 88.7 Å². The Morgan fingerprint density at radius 3 is 2.70 bits per heavy atom. The number of nitrogens with one attached hydrogen (secondary N) is 1. The topological polar surface area (TPSA) is 105 Å². The van der Waals surface area contributed by atoms with Crippen LogP contribution in [0.2, 0.25) is 0 Å². The summed E-state index contributed by atoms with van der Waals surface area (Å²) in [7, 11) is 0. The molecule has 10 heteroatoms. The van der Waals surface area contributed by atoms with E-state index in [1.165, 1.54) is 18.0 Å². The Bertz CT molecular complexity index is 1260. The SMILES string of the molecule is O=C(CSc1nnc(-c2ccncc2)n1Cc1ccccc1)N/N=C\c1cc(Br)ccc1O. The van der Waals surface area contributed by atoms with Crippen LogP contribution in [0.25, 0.3) is 11.4 Å². The van der Waals surface area contributed by atoms with Crippen molar-refractivity contribution in [1.82, 2.24) is 25.2 Å².